The zero-order chi connectivity index (χ0) is 12.3. The average Bonchev–Trinajstić information content (AvgIpc) is 2.88. The Morgan fingerprint density at radius 1 is 1.59 bits per heavy atom. The van der Waals surface area contributed by atoms with Crippen molar-refractivity contribution in [2.75, 3.05) is 17.6 Å². The lowest BCUT2D eigenvalue weighted by atomic mass is 10.3. The van der Waals surface area contributed by atoms with Crippen LogP contribution in [0.5, 0.6) is 0 Å². The van der Waals surface area contributed by atoms with Gasteiger partial charge in [-0.15, -0.1) is 5.10 Å². The van der Waals surface area contributed by atoms with E-state index in [9.17, 15) is 4.79 Å². The summed E-state index contributed by atoms with van der Waals surface area (Å²) in [4.78, 5) is 11.1. The second-order valence-electron chi connectivity index (χ2n) is 3.23. The van der Waals surface area contributed by atoms with Crippen LogP contribution >= 0.6 is 11.5 Å². The van der Waals surface area contributed by atoms with E-state index in [1.807, 2.05) is 0 Å². The molecule has 0 aliphatic carbocycles. The topological polar surface area (TPSA) is 125 Å². The molecular weight excluding hydrogens is 242 g/mol. The molecule has 0 aliphatic rings. The highest BCUT2D eigenvalue weighted by Gasteiger charge is 2.15. The summed E-state index contributed by atoms with van der Waals surface area (Å²) < 4.78 is 5.54. The van der Waals surface area contributed by atoms with E-state index in [4.69, 9.17) is 11.5 Å². The van der Waals surface area contributed by atoms with Gasteiger partial charge in [0, 0.05) is 12.7 Å². The molecule has 0 bridgehead atoms. The number of nitrogen functional groups attached to an aromatic ring is 1. The molecule has 1 amide bonds. The lowest BCUT2D eigenvalue weighted by molar-refractivity contribution is 0.100. The molecule has 0 aliphatic heterocycles. The molecule has 0 unspecified atom stereocenters. The van der Waals surface area contributed by atoms with Crippen LogP contribution in [0.3, 0.4) is 0 Å². The normalized spacial score (nSPS) is 10.4. The minimum absolute atomic E-state index is 0.158. The van der Waals surface area contributed by atoms with Crippen molar-refractivity contribution in [1.29, 1.82) is 0 Å². The highest BCUT2D eigenvalue weighted by molar-refractivity contribution is 7.11. The van der Waals surface area contributed by atoms with E-state index in [2.05, 4.69) is 20.0 Å². The number of nitrogens with two attached hydrogens (primary N) is 2. The van der Waals surface area contributed by atoms with Crippen LogP contribution in [0.2, 0.25) is 0 Å². The van der Waals surface area contributed by atoms with Crippen LogP contribution < -0.4 is 16.8 Å². The lowest BCUT2D eigenvalue weighted by Gasteiger charge is -2.04. The van der Waals surface area contributed by atoms with Crippen molar-refractivity contribution >= 4 is 28.3 Å². The number of carbonyl (C=O) groups excluding carboxylic acids is 1. The number of nitrogens with one attached hydrogen (secondary N) is 1. The summed E-state index contributed by atoms with van der Waals surface area (Å²) in [5, 5.41) is 11.1. The lowest BCUT2D eigenvalue weighted by Crippen LogP contribution is -2.16. The number of primary amides is 1. The summed E-state index contributed by atoms with van der Waals surface area (Å²) in [5.74, 6) is -0.426. The summed E-state index contributed by atoms with van der Waals surface area (Å²) in [6.07, 6.45) is 3.34. The van der Waals surface area contributed by atoms with E-state index >= 15 is 0 Å². The van der Waals surface area contributed by atoms with Gasteiger partial charge in [0.1, 0.15) is 10.6 Å². The largest absolute Gasteiger partial charge is 0.382 e. The van der Waals surface area contributed by atoms with E-state index in [1.165, 1.54) is 0 Å². The molecule has 0 spiro atoms. The molecule has 2 aromatic rings. The number of hydrogen-bond acceptors (Lipinski definition) is 7. The molecule has 0 saturated carbocycles. The molecule has 2 rings (SSSR count). The zero-order valence-electron chi connectivity index (χ0n) is 8.83. The Morgan fingerprint density at radius 2 is 2.41 bits per heavy atom. The third-order valence-electron chi connectivity index (χ3n) is 2.06. The molecule has 0 aromatic carbocycles. The van der Waals surface area contributed by atoms with Crippen LogP contribution in [0.4, 0.5) is 10.8 Å². The first-order chi connectivity index (χ1) is 8.18. The highest BCUT2D eigenvalue weighted by atomic mass is 32.1. The van der Waals surface area contributed by atoms with Crippen molar-refractivity contribution in [3.05, 3.63) is 18.0 Å². The van der Waals surface area contributed by atoms with Crippen molar-refractivity contribution < 1.29 is 4.79 Å². The number of carbonyl (C=O) groups is 1. The van der Waals surface area contributed by atoms with Gasteiger partial charge in [-0.2, -0.15) is 4.37 Å². The molecule has 90 valence electrons. The molecule has 0 radical (unpaired) electrons. The van der Waals surface area contributed by atoms with Crippen LogP contribution in [-0.4, -0.2) is 31.8 Å². The first-order valence-electron chi connectivity index (χ1n) is 4.81. The second kappa shape index (κ2) is 4.78. The minimum atomic E-state index is -0.584. The van der Waals surface area contributed by atoms with Gasteiger partial charge in [0.05, 0.1) is 12.7 Å². The third-order valence-corrected chi connectivity index (χ3v) is 2.88. The zero-order valence-corrected chi connectivity index (χ0v) is 9.65. The maximum Gasteiger partial charge on any atom is 0.255 e. The first kappa shape index (κ1) is 11.3. The maximum atomic E-state index is 11.1. The molecular formula is C8H11N7OS. The Labute approximate surface area is 101 Å². The second-order valence-corrected chi connectivity index (χ2v) is 4.00. The molecule has 17 heavy (non-hydrogen) atoms. The molecule has 0 fully saturated rings. The smallest absolute Gasteiger partial charge is 0.255 e. The van der Waals surface area contributed by atoms with Gasteiger partial charge in [-0.1, -0.05) is 5.21 Å². The molecule has 0 saturated heterocycles. The minimum Gasteiger partial charge on any atom is -0.382 e. The summed E-state index contributed by atoms with van der Waals surface area (Å²) in [6, 6.07) is 0. The van der Waals surface area contributed by atoms with E-state index < -0.39 is 5.91 Å². The summed E-state index contributed by atoms with van der Waals surface area (Å²) in [5.41, 5.74) is 11.0. The van der Waals surface area contributed by atoms with Gasteiger partial charge in [0.2, 0.25) is 0 Å². The number of rotatable bonds is 5. The van der Waals surface area contributed by atoms with Gasteiger partial charge in [0.15, 0.2) is 5.82 Å². The Balaban J connectivity index is 1.97. The standard InChI is InChI=1S/C8H11N7OS/c9-6-5(7(10)16)8(17-13-6)11-1-3-15-4-2-12-14-15/h2,4,11H,1,3H2,(H2,9,13)(H2,10,16). The number of amides is 1. The highest BCUT2D eigenvalue weighted by Crippen LogP contribution is 2.25. The van der Waals surface area contributed by atoms with Crippen LogP contribution in [-0.2, 0) is 6.54 Å². The number of anilines is 2. The maximum absolute atomic E-state index is 11.1. The average molecular weight is 253 g/mol. The Hall–Kier alpha value is -2.16. The van der Waals surface area contributed by atoms with Gasteiger partial charge >= 0.3 is 0 Å². The van der Waals surface area contributed by atoms with Crippen molar-refractivity contribution in [3.8, 4) is 0 Å². The van der Waals surface area contributed by atoms with Crippen molar-refractivity contribution in [2.24, 2.45) is 5.73 Å². The molecule has 5 N–H and O–H groups in total. The van der Waals surface area contributed by atoms with E-state index in [0.29, 0.717) is 18.1 Å². The Kier molecular flexibility index (Phi) is 3.19. The number of hydrogen-bond donors (Lipinski definition) is 3. The van der Waals surface area contributed by atoms with Crippen molar-refractivity contribution in [3.63, 3.8) is 0 Å². The van der Waals surface area contributed by atoms with E-state index in [0.717, 1.165) is 11.5 Å². The Morgan fingerprint density at radius 3 is 3.06 bits per heavy atom. The summed E-state index contributed by atoms with van der Waals surface area (Å²) in [6.45, 7) is 1.20. The van der Waals surface area contributed by atoms with Crippen molar-refractivity contribution in [1.82, 2.24) is 19.4 Å². The first-order valence-corrected chi connectivity index (χ1v) is 5.58. The van der Waals surface area contributed by atoms with Crippen LogP contribution in [0, 0.1) is 0 Å². The molecule has 9 heteroatoms. The fourth-order valence-electron chi connectivity index (χ4n) is 1.30. The van der Waals surface area contributed by atoms with Gasteiger partial charge in [-0.3, -0.25) is 9.48 Å². The third kappa shape index (κ3) is 2.50. The number of nitrogens with zero attached hydrogens (tertiary/aromatic N) is 4. The van der Waals surface area contributed by atoms with Crippen LogP contribution in [0.1, 0.15) is 10.4 Å². The van der Waals surface area contributed by atoms with Crippen LogP contribution in [0.15, 0.2) is 12.4 Å². The van der Waals surface area contributed by atoms with Crippen LogP contribution in [0.25, 0.3) is 0 Å². The number of aromatic nitrogens is 4. The fraction of sp³-hybridized carbons (Fsp3) is 0.250. The Bertz CT molecular complexity index is 506. The molecule has 8 nitrogen and oxygen atoms in total. The summed E-state index contributed by atoms with van der Waals surface area (Å²) >= 11 is 1.11. The fourth-order valence-corrected chi connectivity index (χ4v) is 2.04. The molecule has 0 atom stereocenters. The van der Waals surface area contributed by atoms with Gasteiger partial charge in [0.25, 0.3) is 5.91 Å². The SMILES string of the molecule is NC(=O)c1c(N)nsc1NCCn1ccnn1. The predicted molar refractivity (Wildman–Crippen MR) is 63.6 cm³/mol. The predicted octanol–water partition coefficient (Wildman–Crippen LogP) is -0.472. The monoisotopic (exact) mass is 253 g/mol. The van der Waals surface area contributed by atoms with Crippen molar-refractivity contribution in [2.45, 2.75) is 6.54 Å². The van der Waals surface area contributed by atoms with Gasteiger partial charge in [-0.25, -0.2) is 0 Å². The quantitative estimate of drug-likeness (QED) is 0.661. The molecule has 2 heterocycles. The van der Waals surface area contributed by atoms with E-state index in [1.54, 1.807) is 17.1 Å². The van der Waals surface area contributed by atoms with Gasteiger partial charge in [-0.05, 0) is 11.5 Å². The molecule has 2 aromatic heterocycles. The van der Waals surface area contributed by atoms with Gasteiger partial charge < -0.3 is 16.8 Å². The van der Waals surface area contributed by atoms with E-state index in [-0.39, 0.29) is 11.4 Å². The summed E-state index contributed by atoms with van der Waals surface area (Å²) in [7, 11) is 0.